The van der Waals surface area contributed by atoms with Crippen LogP contribution < -0.4 is 14.2 Å². The number of hydrogen-bond donors (Lipinski definition) is 1. The van der Waals surface area contributed by atoms with Crippen LogP contribution in [0.2, 0.25) is 0 Å². The molecule has 0 radical (unpaired) electrons. The van der Waals surface area contributed by atoms with Crippen LogP contribution in [0.15, 0.2) is 53.4 Å². The maximum Gasteiger partial charge on any atom is 0.330 e. The minimum absolute atomic E-state index is 0.102. The van der Waals surface area contributed by atoms with Crippen LogP contribution >= 0.6 is 0 Å². The standard InChI is InChI=1S/C18H17NO6S/c1-23-18(20)8-6-13-3-2-4-15(9-13)26(21,22)19-11-14-5-7-16-17(10-14)25-12-24-16/h2-10,19H,11-12H2,1H3. The molecule has 2 aromatic carbocycles. The molecule has 0 amide bonds. The highest BCUT2D eigenvalue weighted by Gasteiger charge is 2.16. The Labute approximate surface area is 151 Å². The largest absolute Gasteiger partial charge is 0.466 e. The average molecular weight is 375 g/mol. The van der Waals surface area contributed by atoms with E-state index in [2.05, 4.69) is 9.46 Å². The van der Waals surface area contributed by atoms with Crippen LogP contribution in [-0.2, 0) is 26.1 Å². The van der Waals surface area contributed by atoms with Gasteiger partial charge in [-0.15, -0.1) is 0 Å². The van der Waals surface area contributed by atoms with Crippen molar-refractivity contribution in [1.82, 2.24) is 4.72 Å². The lowest BCUT2D eigenvalue weighted by molar-refractivity contribution is -0.134. The van der Waals surface area contributed by atoms with Crippen LogP contribution in [0, 0.1) is 0 Å². The summed E-state index contributed by atoms with van der Waals surface area (Å²) in [5, 5.41) is 0. The molecular weight excluding hydrogens is 358 g/mol. The summed E-state index contributed by atoms with van der Waals surface area (Å²) in [4.78, 5) is 11.3. The Morgan fingerprint density at radius 3 is 2.81 bits per heavy atom. The van der Waals surface area contributed by atoms with Crippen LogP contribution in [-0.4, -0.2) is 28.3 Å². The van der Waals surface area contributed by atoms with Crippen molar-refractivity contribution in [3.05, 3.63) is 59.7 Å². The van der Waals surface area contributed by atoms with Crippen molar-refractivity contribution >= 4 is 22.1 Å². The van der Waals surface area contributed by atoms with E-state index in [1.165, 1.54) is 31.4 Å². The van der Waals surface area contributed by atoms with Crippen molar-refractivity contribution in [2.75, 3.05) is 13.9 Å². The number of ether oxygens (including phenoxy) is 3. The van der Waals surface area contributed by atoms with Crippen LogP contribution in [0.5, 0.6) is 11.5 Å². The van der Waals surface area contributed by atoms with E-state index in [1.54, 1.807) is 30.3 Å². The molecule has 0 bridgehead atoms. The van der Waals surface area contributed by atoms with Gasteiger partial charge in [-0.2, -0.15) is 0 Å². The highest BCUT2D eigenvalue weighted by molar-refractivity contribution is 7.89. The first-order valence-electron chi connectivity index (χ1n) is 7.72. The highest BCUT2D eigenvalue weighted by Crippen LogP contribution is 2.32. The number of esters is 1. The Bertz CT molecular complexity index is 952. The second-order valence-corrected chi connectivity index (χ2v) is 7.21. The lowest BCUT2D eigenvalue weighted by Crippen LogP contribution is -2.23. The number of benzene rings is 2. The fourth-order valence-corrected chi connectivity index (χ4v) is 3.40. The van der Waals surface area contributed by atoms with Crippen LogP contribution in [0.3, 0.4) is 0 Å². The minimum Gasteiger partial charge on any atom is -0.466 e. The van der Waals surface area contributed by atoms with E-state index in [-0.39, 0.29) is 18.2 Å². The van der Waals surface area contributed by atoms with E-state index in [0.29, 0.717) is 17.1 Å². The summed E-state index contributed by atoms with van der Waals surface area (Å²) in [5.41, 5.74) is 1.32. The van der Waals surface area contributed by atoms with Crippen molar-refractivity contribution in [1.29, 1.82) is 0 Å². The molecule has 0 saturated heterocycles. The van der Waals surface area contributed by atoms with E-state index in [9.17, 15) is 13.2 Å². The molecule has 8 heteroatoms. The summed E-state index contributed by atoms with van der Waals surface area (Å²) in [5.74, 6) is 0.720. The van der Waals surface area contributed by atoms with Gasteiger partial charge < -0.3 is 14.2 Å². The van der Waals surface area contributed by atoms with Gasteiger partial charge in [-0.25, -0.2) is 17.9 Å². The van der Waals surface area contributed by atoms with Crippen molar-refractivity contribution < 1.29 is 27.4 Å². The predicted molar refractivity (Wildman–Crippen MR) is 94.1 cm³/mol. The van der Waals surface area contributed by atoms with Gasteiger partial charge >= 0.3 is 5.97 Å². The summed E-state index contributed by atoms with van der Waals surface area (Å²) in [6.07, 6.45) is 2.72. The molecule has 0 aromatic heterocycles. The molecule has 0 atom stereocenters. The van der Waals surface area contributed by atoms with E-state index in [0.717, 1.165) is 5.56 Å². The quantitative estimate of drug-likeness (QED) is 0.614. The van der Waals surface area contributed by atoms with E-state index >= 15 is 0 Å². The van der Waals surface area contributed by atoms with Gasteiger partial charge in [-0.1, -0.05) is 18.2 Å². The fraction of sp³-hybridized carbons (Fsp3) is 0.167. The zero-order valence-corrected chi connectivity index (χ0v) is 14.8. The summed E-state index contributed by atoms with van der Waals surface area (Å²) in [6, 6.07) is 11.5. The SMILES string of the molecule is COC(=O)C=Cc1cccc(S(=O)(=O)NCc2ccc3c(c2)OCO3)c1. The summed E-state index contributed by atoms with van der Waals surface area (Å²) < 4.78 is 42.6. The summed E-state index contributed by atoms with van der Waals surface area (Å²) in [6.45, 7) is 0.275. The van der Waals surface area contributed by atoms with Gasteiger partial charge in [0.25, 0.3) is 0 Å². The number of methoxy groups -OCH3 is 1. The van der Waals surface area contributed by atoms with E-state index in [1.807, 2.05) is 0 Å². The summed E-state index contributed by atoms with van der Waals surface area (Å²) in [7, 11) is -2.44. The van der Waals surface area contributed by atoms with Crippen molar-refractivity contribution in [3.63, 3.8) is 0 Å². The van der Waals surface area contributed by atoms with Gasteiger partial charge in [0.1, 0.15) is 0 Å². The Morgan fingerprint density at radius 2 is 2.00 bits per heavy atom. The Hall–Kier alpha value is -2.84. The normalized spacial score (nSPS) is 13.1. The average Bonchev–Trinajstić information content (AvgIpc) is 3.12. The topological polar surface area (TPSA) is 90.9 Å². The zero-order chi connectivity index (χ0) is 18.6. The molecule has 0 unspecified atom stereocenters. The maximum atomic E-state index is 12.5. The van der Waals surface area contributed by atoms with Crippen LogP contribution in [0.1, 0.15) is 11.1 Å². The second kappa shape index (κ2) is 7.59. The molecule has 136 valence electrons. The molecule has 26 heavy (non-hydrogen) atoms. The molecule has 7 nitrogen and oxygen atoms in total. The number of rotatable bonds is 6. The molecular formula is C18H17NO6S. The molecule has 0 fully saturated rings. The molecule has 1 N–H and O–H groups in total. The van der Waals surface area contributed by atoms with Crippen molar-refractivity contribution in [2.45, 2.75) is 11.4 Å². The molecule has 1 aliphatic rings. The molecule has 0 spiro atoms. The molecule has 1 aliphatic heterocycles. The minimum atomic E-state index is -3.71. The molecule has 0 aliphatic carbocycles. The Balaban J connectivity index is 1.72. The van der Waals surface area contributed by atoms with Gasteiger partial charge in [0.2, 0.25) is 16.8 Å². The van der Waals surface area contributed by atoms with E-state index in [4.69, 9.17) is 9.47 Å². The van der Waals surface area contributed by atoms with Gasteiger partial charge in [0.15, 0.2) is 11.5 Å². The third-order valence-electron chi connectivity index (χ3n) is 3.68. The lowest BCUT2D eigenvalue weighted by atomic mass is 10.2. The number of fused-ring (bicyclic) bond motifs is 1. The number of hydrogen-bond acceptors (Lipinski definition) is 6. The van der Waals surface area contributed by atoms with Gasteiger partial charge in [0, 0.05) is 12.6 Å². The second-order valence-electron chi connectivity index (χ2n) is 5.44. The third-order valence-corrected chi connectivity index (χ3v) is 5.08. The zero-order valence-electron chi connectivity index (χ0n) is 14.0. The molecule has 1 heterocycles. The molecule has 0 saturated carbocycles. The van der Waals surface area contributed by atoms with Gasteiger partial charge in [-0.05, 0) is 41.5 Å². The number of carbonyl (C=O) groups excluding carboxylic acids is 1. The molecule has 3 rings (SSSR count). The maximum absolute atomic E-state index is 12.5. The van der Waals surface area contributed by atoms with E-state index < -0.39 is 16.0 Å². The third kappa shape index (κ3) is 4.22. The molecule has 2 aromatic rings. The Kier molecular flexibility index (Phi) is 5.24. The Morgan fingerprint density at radius 1 is 1.19 bits per heavy atom. The predicted octanol–water partition coefficient (Wildman–Crippen LogP) is 2.08. The van der Waals surface area contributed by atoms with Crippen LogP contribution in [0.4, 0.5) is 0 Å². The van der Waals surface area contributed by atoms with Gasteiger partial charge in [0.05, 0.1) is 12.0 Å². The number of carbonyl (C=O) groups is 1. The lowest BCUT2D eigenvalue weighted by Gasteiger charge is -2.08. The highest BCUT2D eigenvalue weighted by atomic mass is 32.2. The smallest absolute Gasteiger partial charge is 0.330 e. The van der Waals surface area contributed by atoms with Crippen molar-refractivity contribution in [3.8, 4) is 11.5 Å². The number of nitrogens with one attached hydrogen (secondary N) is 1. The number of sulfonamides is 1. The monoisotopic (exact) mass is 375 g/mol. The summed E-state index contributed by atoms with van der Waals surface area (Å²) >= 11 is 0. The fourth-order valence-electron chi connectivity index (χ4n) is 2.33. The first-order chi connectivity index (χ1) is 12.5. The van der Waals surface area contributed by atoms with Crippen molar-refractivity contribution in [2.24, 2.45) is 0 Å². The first-order valence-corrected chi connectivity index (χ1v) is 9.20. The van der Waals surface area contributed by atoms with Gasteiger partial charge in [-0.3, -0.25) is 0 Å². The van der Waals surface area contributed by atoms with Crippen LogP contribution in [0.25, 0.3) is 6.08 Å². The first kappa shape index (κ1) is 18.0.